The lowest BCUT2D eigenvalue weighted by atomic mass is 9.94. The molecule has 0 radical (unpaired) electrons. The molecular formula is C13H21N. The van der Waals surface area contributed by atoms with Gasteiger partial charge in [-0.1, -0.05) is 51.1 Å². The molecular weight excluding hydrogens is 170 g/mol. The number of benzene rings is 1. The maximum atomic E-state index is 3.54. The van der Waals surface area contributed by atoms with E-state index >= 15 is 0 Å². The van der Waals surface area contributed by atoms with Gasteiger partial charge in [-0.2, -0.15) is 0 Å². The van der Waals surface area contributed by atoms with Gasteiger partial charge in [0.25, 0.3) is 0 Å². The molecule has 0 heterocycles. The van der Waals surface area contributed by atoms with Crippen molar-refractivity contribution in [2.24, 2.45) is 0 Å². The molecule has 0 fully saturated rings. The molecule has 1 heteroatoms. The summed E-state index contributed by atoms with van der Waals surface area (Å²) in [5, 5.41) is 3.54. The van der Waals surface area contributed by atoms with E-state index in [4.69, 9.17) is 0 Å². The van der Waals surface area contributed by atoms with Gasteiger partial charge in [-0.05, 0) is 18.4 Å². The predicted molar refractivity (Wildman–Crippen MR) is 62.6 cm³/mol. The zero-order valence-electron chi connectivity index (χ0n) is 9.62. The Morgan fingerprint density at radius 1 is 0.929 bits per heavy atom. The third-order valence-electron chi connectivity index (χ3n) is 2.67. The van der Waals surface area contributed by atoms with Crippen molar-refractivity contribution >= 4 is 0 Å². The predicted octanol–water partition coefficient (Wildman–Crippen LogP) is 3.18. The van der Waals surface area contributed by atoms with Crippen molar-refractivity contribution in [1.82, 2.24) is 5.32 Å². The molecule has 0 spiro atoms. The summed E-state index contributed by atoms with van der Waals surface area (Å²) in [6.07, 6.45) is 0. The van der Waals surface area contributed by atoms with Crippen LogP contribution >= 0.6 is 0 Å². The van der Waals surface area contributed by atoms with Crippen molar-refractivity contribution < 1.29 is 0 Å². The highest BCUT2D eigenvalue weighted by molar-refractivity contribution is 5.20. The smallest absolute Gasteiger partial charge is 0.0107 e. The minimum Gasteiger partial charge on any atom is -0.311 e. The average Bonchev–Trinajstić information content (AvgIpc) is 2.17. The van der Waals surface area contributed by atoms with Gasteiger partial charge in [0.15, 0.2) is 0 Å². The van der Waals surface area contributed by atoms with Crippen LogP contribution < -0.4 is 5.32 Å². The summed E-state index contributed by atoms with van der Waals surface area (Å²) in [5.74, 6) is 0.568. The fourth-order valence-corrected chi connectivity index (χ4v) is 1.72. The fourth-order valence-electron chi connectivity index (χ4n) is 1.72. The first-order chi connectivity index (χ1) is 6.61. The van der Waals surface area contributed by atoms with Crippen molar-refractivity contribution in [3.05, 3.63) is 35.9 Å². The van der Waals surface area contributed by atoms with Gasteiger partial charge in [0.05, 0.1) is 0 Å². The number of nitrogens with one attached hydrogen (secondary N) is 1. The van der Waals surface area contributed by atoms with Crippen molar-refractivity contribution in [3.63, 3.8) is 0 Å². The van der Waals surface area contributed by atoms with E-state index < -0.39 is 0 Å². The number of rotatable bonds is 4. The van der Waals surface area contributed by atoms with Crippen LogP contribution in [-0.2, 0) is 0 Å². The Kier molecular flexibility index (Phi) is 4.15. The molecule has 0 aromatic heterocycles. The molecule has 0 saturated heterocycles. The van der Waals surface area contributed by atoms with E-state index in [1.54, 1.807) is 0 Å². The largest absolute Gasteiger partial charge is 0.311 e. The maximum absolute atomic E-state index is 3.54. The van der Waals surface area contributed by atoms with Gasteiger partial charge >= 0.3 is 0 Å². The Morgan fingerprint density at radius 2 is 1.50 bits per heavy atom. The van der Waals surface area contributed by atoms with E-state index in [0.29, 0.717) is 18.0 Å². The summed E-state index contributed by atoms with van der Waals surface area (Å²) in [6.45, 7) is 8.90. The Morgan fingerprint density at radius 3 is 2.00 bits per heavy atom. The van der Waals surface area contributed by atoms with Crippen molar-refractivity contribution in [2.75, 3.05) is 0 Å². The molecule has 1 nitrogen and oxygen atoms in total. The average molecular weight is 191 g/mol. The lowest BCUT2D eigenvalue weighted by molar-refractivity contribution is 0.439. The first kappa shape index (κ1) is 11.3. The third kappa shape index (κ3) is 3.15. The lowest BCUT2D eigenvalue weighted by Gasteiger charge is -2.23. The first-order valence-electron chi connectivity index (χ1n) is 5.42. The molecule has 1 aromatic carbocycles. The van der Waals surface area contributed by atoms with E-state index in [0.717, 1.165) is 0 Å². The van der Waals surface area contributed by atoms with Crippen molar-refractivity contribution in [2.45, 2.75) is 45.7 Å². The van der Waals surface area contributed by atoms with Gasteiger partial charge in [-0.15, -0.1) is 0 Å². The van der Waals surface area contributed by atoms with Crippen LogP contribution in [-0.4, -0.2) is 12.1 Å². The first-order valence-corrected chi connectivity index (χ1v) is 5.42. The Hall–Kier alpha value is -0.820. The molecule has 1 N–H and O–H groups in total. The maximum Gasteiger partial charge on any atom is 0.0107 e. The zero-order valence-corrected chi connectivity index (χ0v) is 9.62. The van der Waals surface area contributed by atoms with Crippen LogP contribution in [0.25, 0.3) is 0 Å². The highest BCUT2D eigenvalue weighted by Gasteiger charge is 2.13. The second-order valence-corrected chi connectivity index (χ2v) is 4.31. The molecule has 0 saturated carbocycles. The molecule has 2 atom stereocenters. The summed E-state index contributed by atoms with van der Waals surface area (Å²) in [6, 6.07) is 11.7. The summed E-state index contributed by atoms with van der Waals surface area (Å²) >= 11 is 0. The molecule has 0 bridgehead atoms. The van der Waals surface area contributed by atoms with E-state index in [2.05, 4.69) is 63.3 Å². The molecule has 14 heavy (non-hydrogen) atoms. The molecule has 0 amide bonds. The van der Waals surface area contributed by atoms with Gasteiger partial charge in [0, 0.05) is 12.1 Å². The van der Waals surface area contributed by atoms with Gasteiger partial charge < -0.3 is 5.32 Å². The third-order valence-corrected chi connectivity index (χ3v) is 2.67. The minimum absolute atomic E-state index is 0.525. The summed E-state index contributed by atoms with van der Waals surface area (Å²) in [7, 11) is 0. The molecule has 0 aliphatic rings. The highest BCUT2D eigenvalue weighted by Crippen LogP contribution is 2.18. The van der Waals surface area contributed by atoms with Crippen LogP contribution in [0.2, 0.25) is 0 Å². The Bertz CT molecular complexity index is 253. The van der Waals surface area contributed by atoms with Gasteiger partial charge in [-0.25, -0.2) is 0 Å². The topological polar surface area (TPSA) is 12.0 Å². The summed E-state index contributed by atoms with van der Waals surface area (Å²) in [5.41, 5.74) is 1.41. The van der Waals surface area contributed by atoms with Crippen LogP contribution in [0.5, 0.6) is 0 Å². The second kappa shape index (κ2) is 5.16. The summed E-state index contributed by atoms with van der Waals surface area (Å²) in [4.78, 5) is 0. The van der Waals surface area contributed by atoms with E-state index in [1.807, 2.05) is 0 Å². The lowest BCUT2D eigenvalue weighted by Crippen LogP contribution is -2.35. The van der Waals surface area contributed by atoms with Crippen LogP contribution in [0.3, 0.4) is 0 Å². The SMILES string of the molecule is CC(C)NC(C)C(C)c1ccccc1. The van der Waals surface area contributed by atoms with E-state index in [-0.39, 0.29) is 0 Å². The molecule has 78 valence electrons. The van der Waals surface area contributed by atoms with Crippen molar-refractivity contribution in [1.29, 1.82) is 0 Å². The zero-order chi connectivity index (χ0) is 10.6. The van der Waals surface area contributed by atoms with E-state index in [9.17, 15) is 0 Å². The molecule has 1 rings (SSSR count). The van der Waals surface area contributed by atoms with Crippen molar-refractivity contribution in [3.8, 4) is 0 Å². The molecule has 0 aliphatic carbocycles. The second-order valence-electron chi connectivity index (χ2n) is 4.31. The van der Waals surface area contributed by atoms with Gasteiger partial charge in [-0.3, -0.25) is 0 Å². The fraction of sp³-hybridized carbons (Fsp3) is 0.538. The highest BCUT2D eigenvalue weighted by atomic mass is 14.9. The minimum atomic E-state index is 0.525. The van der Waals surface area contributed by atoms with Crippen LogP contribution in [0.1, 0.15) is 39.2 Å². The Labute approximate surface area is 87.5 Å². The van der Waals surface area contributed by atoms with Crippen LogP contribution in [0, 0.1) is 0 Å². The molecule has 0 aliphatic heterocycles. The summed E-state index contributed by atoms with van der Waals surface area (Å²) < 4.78 is 0. The molecule has 2 unspecified atom stereocenters. The monoisotopic (exact) mass is 191 g/mol. The van der Waals surface area contributed by atoms with Gasteiger partial charge in [0.1, 0.15) is 0 Å². The quantitative estimate of drug-likeness (QED) is 0.770. The van der Waals surface area contributed by atoms with E-state index in [1.165, 1.54) is 5.56 Å². The van der Waals surface area contributed by atoms with Gasteiger partial charge in [0.2, 0.25) is 0 Å². The Balaban J connectivity index is 2.61. The standard InChI is InChI=1S/C13H21N/c1-10(2)14-12(4)11(3)13-8-6-5-7-9-13/h5-12,14H,1-4H3. The normalized spacial score (nSPS) is 15.5. The molecule has 1 aromatic rings. The number of hydrogen-bond acceptors (Lipinski definition) is 1. The van der Waals surface area contributed by atoms with Crippen LogP contribution in [0.15, 0.2) is 30.3 Å². The van der Waals surface area contributed by atoms with Crippen LogP contribution in [0.4, 0.5) is 0 Å². The number of hydrogen-bond donors (Lipinski definition) is 1.